The molecule has 6 rings (SSSR count). The number of aromatic nitrogens is 7. The molecule has 2 atom stereocenters. The monoisotopic (exact) mass is 463 g/mol. The van der Waals surface area contributed by atoms with E-state index < -0.39 is 11.6 Å². The van der Waals surface area contributed by atoms with E-state index >= 15 is 0 Å². The molecule has 1 aromatic carbocycles. The Bertz CT molecular complexity index is 1400. The van der Waals surface area contributed by atoms with Gasteiger partial charge >= 0.3 is 0 Å². The first-order valence-electron chi connectivity index (χ1n) is 11.5. The van der Waals surface area contributed by atoms with E-state index in [0.717, 1.165) is 30.3 Å². The molecule has 8 nitrogen and oxygen atoms in total. The van der Waals surface area contributed by atoms with Gasteiger partial charge in [-0.1, -0.05) is 5.21 Å². The first-order valence-corrected chi connectivity index (χ1v) is 11.5. The fraction of sp³-hybridized carbons (Fsp3) is 0.417. The highest BCUT2D eigenvalue weighted by molar-refractivity contribution is 5.87. The lowest BCUT2D eigenvalue weighted by atomic mass is 9.93. The van der Waals surface area contributed by atoms with E-state index in [9.17, 15) is 8.78 Å². The van der Waals surface area contributed by atoms with E-state index in [-0.39, 0.29) is 17.6 Å². The van der Waals surface area contributed by atoms with Crippen LogP contribution in [0.1, 0.15) is 66.7 Å². The molecule has 4 heterocycles. The molecule has 174 valence electrons. The summed E-state index contributed by atoms with van der Waals surface area (Å²) in [5, 5.41) is 8.57. The number of rotatable bonds is 4. The van der Waals surface area contributed by atoms with Crippen molar-refractivity contribution < 1.29 is 13.5 Å². The Hall–Kier alpha value is -3.40. The zero-order chi connectivity index (χ0) is 23.4. The molecule has 0 N–H and O–H groups in total. The van der Waals surface area contributed by atoms with Gasteiger partial charge in [0.2, 0.25) is 0 Å². The minimum atomic E-state index is -0.701. The average molecular weight is 463 g/mol. The van der Waals surface area contributed by atoms with Gasteiger partial charge in [-0.15, -0.1) is 5.10 Å². The molecule has 2 aliphatic rings. The minimum Gasteiger partial charge on any atom is -0.372 e. The Labute approximate surface area is 194 Å². The molecule has 10 heteroatoms. The van der Waals surface area contributed by atoms with Crippen molar-refractivity contribution in [1.82, 2.24) is 34.9 Å². The Morgan fingerprint density at radius 2 is 1.82 bits per heavy atom. The second-order valence-electron chi connectivity index (χ2n) is 9.06. The summed E-state index contributed by atoms with van der Waals surface area (Å²) in [6, 6.07) is 3.90. The lowest BCUT2D eigenvalue weighted by Gasteiger charge is -2.27. The standard InChI is InChI=1S/C24H23F2N7O/c1-12-13(2)28-24-22(27-12)21(17-6-3-15(25)10-18(17)26)29-23(30-24)14-7-8-34-20(9-14)19-11-33(32-31-19)16-4-5-16/h3,6,10-11,14,16,20H,4-5,7-9H2,1-2H3/t14-,20-/m1/s1. The summed E-state index contributed by atoms with van der Waals surface area (Å²) < 4.78 is 36.3. The molecule has 1 saturated heterocycles. The Morgan fingerprint density at radius 1 is 1.00 bits per heavy atom. The third-order valence-electron chi connectivity index (χ3n) is 6.57. The Balaban J connectivity index is 1.41. The molecule has 1 aliphatic heterocycles. The molecule has 4 aromatic rings. The summed E-state index contributed by atoms with van der Waals surface area (Å²) in [6.45, 7) is 4.21. The van der Waals surface area contributed by atoms with Crippen LogP contribution in [0.4, 0.5) is 8.78 Å². The average Bonchev–Trinajstić information content (AvgIpc) is 3.56. The highest BCUT2D eigenvalue weighted by Gasteiger charge is 2.32. The SMILES string of the molecule is Cc1nc2nc([C@@H]3CCO[C@@H](c4cn(C5CC5)nn4)C3)nc(-c3ccc(F)cc3F)c2nc1C. The van der Waals surface area contributed by atoms with Crippen LogP contribution >= 0.6 is 0 Å². The van der Waals surface area contributed by atoms with Crippen molar-refractivity contribution in [2.24, 2.45) is 0 Å². The van der Waals surface area contributed by atoms with Gasteiger partial charge in [0.1, 0.15) is 40.5 Å². The molecule has 0 spiro atoms. The van der Waals surface area contributed by atoms with Gasteiger partial charge in [-0.3, -0.25) is 0 Å². The molecule has 3 aromatic heterocycles. The largest absolute Gasteiger partial charge is 0.372 e. The summed E-state index contributed by atoms with van der Waals surface area (Å²) in [7, 11) is 0. The Kier molecular flexibility index (Phi) is 5.05. The summed E-state index contributed by atoms with van der Waals surface area (Å²) in [6.07, 6.45) is 5.33. The van der Waals surface area contributed by atoms with E-state index in [2.05, 4.69) is 20.3 Å². The molecular formula is C24H23F2N7O. The van der Waals surface area contributed by atoms with Gasteiger partial charge in [0.25, 0.3) is 0 Å². The molecule has 1 aliphatic carbocycles. The fourth-order valence-electron chi connectivity index (χ4n) is 4.37. The van der Waals surface area contributed by atoms with Crippen molar-refractivity contribution in [1.29, 1.82) is 0 Å². The van der Waals surface area contributed by atoms with Crippen LogP contribution in [0.25, 0.3) is 22.4 Å². The molecule has 0 unspecified atom stereocenters. The van der Waals surface area contributed by atoms with E-state index in [0.29, 0.717) is 53.9 Å². The van der Waals surface area contributed by atoms with Crippen LogP contribution < -0.4 is 0 Å². The number of ether oxygens (including phenoxy) is 1. The van der Waals surface area contributed by atoms with Crippen LogP contribution in [0.3, 0.4) is 0 Å². The van der Waals surface area contributed by atoms with Gasteiger partial charge in [0.15, 0.2) is 5.65 Å². The van der Waals surface area contributed by atoms with Gasteiger partial charge < -0.3 is 4.74 Å². The Morgan fingerprint density at radius 3 is 2.62 bits per heavy atom. The molecule has 2 fully saturated rings. The van der Waals surface area contributed by atoms with Gasteiger partial charge in [-0.25, -0.2) is 33.4 Å². The second kappa shape index (κ2) is 8.12. The molecule has 0 amide bonds. The molecule has 0 bridgehead atoms. The first kappa shape index (κ1) is 21.2. The minimum absolute atomic E-state index is 0.0418. The highest BCUT2D eigenvalue weighted by atomic mass is 19.1. The van der Waals surface area contributed by atoms with E-state index in [1.165, 1.54) is 12.1 Å². The predicted molar refractivity (Wildman–Crippen MR) is 119 cm³/mol. The van der Waals surface area contributed by atoms with Crippen molar-refractivity contribution in [2.75, 3.05) is 6.61 Å². The molecule has 1 saturated carbocycles. The van der Waals surface area contributed by atoms with E-state index in [1.54, 1.807) is 0 Å². The number of nitrogens with zero attached hydrogens (tertiary/aromatic N) is 7. The number of hydrogen-bond acceptors (Lipinski definition) is 7. The third kappa shape index (κ3) is 3.81. The van der Waals surface area contributed by atoms with Crippen LogP contribution in [0, 0.1) is 25.5 Å². The first-order chi connectivity index (χ1) is 16.5. The topological polar surface area (TPSA) is 91.5 Å². The highest BCUT2D eigenvalue weighted by Crippen LogP contribution is 2.39. The van der Waals surface area contributed by atoms with Crippen LogP contribution in [0.5, 0.6) is 0 Å². The third-order valence-corrected chi connectivity index (χ3v) is 6.57. The van der Waals surface area contributed by atoms with Crippen molar-refractivity contribution in [3.63, 3.8) is 0 Å². The molecular weight excluding hydrogens is 440 g/mol. The second-order valence-corrected chi connectivity index (χ2v) is 9.06. The maximum atomic E-state index is 14.8. The zero-order valence-corrected chi connectivity index (χ0v) is 18.9. The smallest absolute Gasteiger partial charge is 0.182 e. The number of aryl methyl sites for hydroxylation is 2. The lowest BCUT2D eigenvalue weighted by molar-refractivity contribution is 0.00141. The van der Waals surface area contributed by atoms with Gasteiger partial charge in [-0.2, -0.15) is 0 Å². The zero-order valence-electron chi connectivity index (χ0n) is 18.9. The van der Waals surface area contributed by atoms with E-state index in [4.69, 9.17) is 14.7 Å². The van der Waals surface area contributed by atoms with Crippen molar-refractivity contribution in [3.8, 4) is 11.3 Å². The predicted octanol–water partition coefficient (Wildman–Crippen LogP) is 4.54. The van der Waals surface area contributed by atoms with Crippen LogP contribution in [0.2, 0.25) is 0 Å². The number of fused-ring (bicyclic) bond motifs is 1. The fourth-order valence-corrected chi connectivity index (χ4v) is 4.37. The summed E-state index contributed by atoms with van der Waals surface area (Å²) >= 11 is 0. The molecule has 34 heavy (non-hydrogen) atoms. The summed E-state index contributed by atoms with van der Waals surface area (Å²) in [5.74, 6) is -0.844. The van der Waals surface area contributed by atoms with Crippen LogP contribution in [-0.2, 0) is 4.74 Å². The van der Waals surface area contributed by atoms with Crippen molar-refractivity contribution >= 4 is 11.2 Å². The summed E-state index contributed by atoms with van der Waals surface area (Å²) in [5.41, 5.74) is 3.53. The number of benzene rings is 1. The lowest BCUT2D eigenvalue weighted by Crippen LogP contribution is -2.21. The summed E-state index contributed by atoms with van der Waals surface area (Å²) in [4.78, 5) is 18.7. The van der Waals surface area contributed by atoms with Gasteiger partial charge in [0.05, 0.1) is 23.6 Å². The maximum absolute atomic E-state index is 14.8. The quantitative estimate of drug-likeness (QED) is 0.439. The molecule has 0 radical (unpaired) electrons. The number of hydrogen-bond donors (Lipinski definition) is 0. The maximum Gasteiger partial charge on any atom is 0.182 e. The van der Waals surface area contributed by atoms with Crippen molar-refractivity contribution in [3.05, 3.63) is 58.9 Å². The number of halogens is 2. The van der Waals surface area contributed by atoms with Crippen LogP contribution in [-0.4, -0.2) is 41.5 Å². The van der Waals surface area contributed by atoms with Gasteiger partial charge in [0, 0.05) is 24.2 Å². The normalized spacial score (nSPS) is 20.7. The van der Waals surface area contributed by atoms with E-state index in [1.807, 2.05) is 24.7 Å². The van der Waals surface area contributed by atoms with Crippen molar-refractivity contribution in [2.45, 2.75) is 57.6 Å². The van der Waals surface area contributed by atoms with Crippen LogP contribution in [0.15, 0.2) is 24.4 Å². The van der Waals surface area contributed by atoms with Gasteiger partial charge in [-0.05, 0) is 51.7 Å².